The molecule has 68 valence electrons. The second kappa shape index (κ2) is 4.04. The van der Waals surface area contributed by atoms with Gasteiger partial charge >= 0.3 is 6.09 Å². The fourth-order valence-corrected chi connectivity index (χ4v) is 1.53. The standard InChI is InChI=1S/C7H12N2O3/c10-7(11)9-4-2-1-3-6(9)5-8-12/h6H,1-5H2,(H,10,11). The molecule has 1 unspecified atom stereocenters. The van der Waals surface area contributed by atoms with Crippen molar-refractivity contribution >= 4 is 6.09 Å². The molecule has 1 aliphatic rings. The Morgan fingerprint density at radius 3 is 2.92 bits per heavy atom. The average molecular weight is 172 g/mol. The maximum atomic E-state index is 10.6. The van der Waals surface area contributed by atoms with E-state index in [1.165, 1.54) is 4.90 Å². The maximum absolute atomic E-state index is 10.6. The molecule has 12 heavy (non-hydrogen) atoms. The Balaban J connectivity index is 2.53. The van der Waals surface area contributed by atoms with E-state index in [4.69, 9.17) is 5.11 Å². The van der Waals surface area contributed by atoms with Crippen molar-refractivity contribution in [1.82, 2.24) is 4.90 Å². The predicted molar refractivity (Wildman–Crippen MR) is 43.0 cm³/mol. The van der Waals surface area contributed by atoms with Gasteiger partial charge in [0, 0.05) is 6.54 Å². The molecule has 0 radical (unpaired) electrons. The molecule has 0 aromatic rings. The molecule has 0 aliphatic carbocycles. The van der Waals surface area contributed by atoms with Crippen LogP contribution in [-0.4, -0.2) is 35.2 Å². The third kappa shape index (κ3) is 1.93. The number of rotatable bonds is 2. The lowest BCUT2D eigenvalue weighted by Gasteiger charge is -2.31. The average Bonchev–Trinajstić information content (AvgIpc) is 2.05. The molecule has 1 amide bonds. The maximum Gasteiger partial charge on any atom is 0.407 e. The molecular weight excluding hydrogens is 160 g/mol. The highest BCUT2D eigenvalue weighted by Crippen LogP contribution is 2.16. The zero-order valence-electron chi connectivity index (χ0n) is 6.77. The SMILES string of the molecule is O=NCC1CCCCN1C(=O)O. The summed E-state index contributed by atoms with van der Waals surface area (Å²) in [7, 11) is 0. The first-order chi connectivity index (χ1) is 5.75. The lowest BCUT2D eigenvalue weighted by Crippen LogP contribution is -2.44. The molecule has 1 N–H and O–H groups in total. The summed E-state index contributed by atoms with van der Waals surface area (Å²) in [5, 5.41) is 11.5. The van der Waals surface area contributed by atoms with E-state index in [0.717, 1.165) is 19.3 Å². The summed E-state index contributed by atoms with van der Waals surface area (Å²) in [5.41, 5.74) is 0. The number of hydrogen-bond donors (Lipinski definition) is 1. The number of nitrogens with zero attached hydrogens (tertiary/aromatic N) is 2. The van der Waals surface area contributed by atoms with Crippen LogP contribution in [0.5, 0.6) is 0 Å². The monoisotopic (exact) mass is 172 g/mol. The minimum Gasteiger partial charge on any atom is -0.465 e. The van der Waals surface area contributed by atoms with Gasteiger partial charge < -0.3 is 10.0 Å². The quantitative estimate of drug-likeness (QED) is 0.638. The Kier molecular flexibility index (Phi) is 3.01. The van der Waals surface area contributed by atoms with Crippen molar-refractivity contribution < 1.29 is 9.90 Å². The zero-order valence-corrected chi connectivity index (χ0v) is 6.77. The topological polar surface area (TPSA) is 70.0 Å². The van der Waals surface area contributed by atoms with Crippen LogP contribution in [0.3, 0.4) is 0 Å². The third-order valence-electron chi connectivity index (χ3n) is 2.16. The second-order valence-electron chi connectivity index (χ2n) is 2.94. The molecule has 0 bridgehead atoms. The van der Waals surface area contributed by atoms with E-state index in [1.54, 1.807) is 0 Å². The number of nitroso groups, excluding NO2 is 1. The number of carbonyl (C=O) groups is 1. The van der Waals surface area contributed by atoms with Crippen molar-refractivity contribution in [2.24, 2.45) is 5.18 Å². The predicted octanol–water partition coefficient (Wildman–Crippen LogP) is 1.29. The minimum absolute atomic E-state index is 0.0896. The normalized spacial score (nSPS) is 23.7. The summed E-state index contributed by atoms with van der Waals surface area (Å²) in [6, 6.07) is -0.186. The lowest BCUT2D eigenvalue weighted by atomic mass is 10.0. The number of piperidine rings is 1. The Morgan fingerprint density at radius 1 is 1.58 bits per heavy atom. The summed E-state index contributed by atoms with van der Waals surface area (Å²) in [6.45, 7) is 0.627. The van der Waals surface area contributed by atoms with Gasteiger partial charge in [-0.2, -0.15) is 4.91 Å². The highest BCUT2D eigenvalue weighted by Gasteiger charge is 2.26. The molecule has 0 spiro atoms. The first kappa shape index (κ1) is 8.96. The minimum atomic E-state index is -0.941. The van der Waals surface area contributed by atoms with Crippen LogP contribution < -0.4 is 0 Å². The van der Waals surface area contributed by atoms with E-state index < -0.39 is 6.09 Å². The van der Waals surface area contributed by atoms with Gasteiger partial charge in [0.2, 0.25) is 0 Å². The lowest BCUT2D eigenvalue weighted by molar-refractivity contribution is 0.109. The van der Waals surface area contributed by atoms with E-state index in [9.17, 15) is 9.70 Å². The van der Waals surface area contributed by atoms with Gasteiger partial charge in [-0.05, 0) is 19.3 Å². The van der Waals surface area contributed by atoms with Gasteiger partial charge in [0.05, 0.1) is 6.04 Å². The van der Waals surface area contributed by atoms with Crippen LogP contribution in [0, 0.1) is 4.91 Å². The number of amides is 1. The Hall–Kier alpha value is -1.13. The summed E-state index contributed by atoms with van der Waals surface area (Å²) in [6.07, 6.45) is 1.70. The van der Waals surface area contributed by atoms with Crippen LogP contribution in [0.15, 0.2) is 5.18 Å². The van der Waals surface area contributed by atoms with E-state index in [1.807, 2.05) is 0 Å². The van der Waals surface area contributed by atoms with Crippen LogP contribution >= 0.6 is 0 Å². The van der Waals surface area contributed by atoms with E-state index >= 15 is 0 Å². The van der Waals surface area contributed by atoms with E-state index in [0.29, 0.717) is 6.54 Å². The van der Waals surface area contributed by atoms with Crippen LogP contribution in [0.1, 0.15) is 19.3 Å². The van der Waals surface area contributed by atoms with Gasteiger partial charge in [-0.1, -0.05) is 5.18 Å². The van der Waals surface area contributed by atoms with Gasteiger partial charge in [0.1, 0.15) is 6.54 Å². The molecule has 1 aliphatic heterocycles. The Bertz CT molecular complexity index is 183. The number of hydrogen-bond acceptors (Lipinski definition) is 3. The van der Waals surface area contributed by atoms with Gasteiger partial charge in [0.15, 0.2) is 0 Å². The van der Waals surface area contributed by atoms with Crippen molar-refractivity contribution in [3.8, 4) is 0 Å². The summed E-state index contributed by atoms with van der Waals surface area (Å²) >= 11 is 0. The molecule has 5 heteroatoms. The van der Waals surface area contributed by atoms with Gasteiger partial charge in [-0.25, -0.2) is 4.79 Å². The third-order valence-corrected chi connectivity index (χ3v) is 2.16. The smallest absolute Gasteiger partial charge is 0.407 e. The van der Waals surface area contributed by atoms with E-state index in [-0.39, 0.29) is 12.6 Å². The Morgan fingerprint density at radius 2 is 2.33 bits per heavy atom. The highest BCUT2D eigenvalue weighted by atomic mass is 16.4. The first-order valence-corrected chi connectivity index (χ1v) is 4.04. The number of likely N-dealkylation sites (tertiary alicyclic amines) is 1. The fraction of sp³-hybridized carbons (Fsp3) is 0.857. The van der Waals surface area contributed by atoms with Crippen LogP contribution in [0.2, 0.25) is 0 Å². The number of carboxylic acid groups (broad SMARTS) is 1. The highest BCUT2D eigenvalue weighted by molar-refractivity contribution is 5.65. The van der Waals surface area contributed by atoms with Crippen LogP contribution in [0.4, 0.5) is 4.79 Å². The van der Waals surface area contributed by atoms with Crippen molar-refractivity contribution in [3.05, 3.63) is 4.91 Å². The van der Waals surface area contributed by atoms with Gasteiger partial charge in [-0.15, -0.1) is 0 Å². The summed E-state index contributed by atoms with van der Waals surface area (Å²) in [5.74, 6) is 0. The molecule has 0 aromatic heterocycles. The molecule has 0 aromatic carbocycles. The second-order valence-corrected chi connectivity index (χ2v) is 2.94. The van der Waals surface area contributed by atoms with Crippen molar-refractivity contribution in [1.29, 1.82) is 0 Å². The zero-order chi connectivity index (χ0) is 8.97. The first-order valence-electron chi connectivity index (χ1n) is 4.04. The fourth-order valence-electron chi connectivity index (χ4n) is 1.53. The van der Waals surface area contributed by atoms with Gasteiger partial charge in [-0.3, -0.25) is 0 Å². The molecule has 1 heterocycles. The molecule has 5 nitrogen and oxygen atoms in total. The molecule has 1 saturated heterocycles. The van der Waals surface area contributed by atoms with Crippen LogP contribution in [0.25, 0.3) is 0 Å². The summed E-state index contributed by atoms with van der Waals surface area (Å²) < 4.78 is 0. The van der Waals surface area contributed by atoms with Crippen LogP contribution in [-0.2, 0) is 0 Å². The largest absolute Gasteiger partial charge is 0.465 e. The van der Waals surface area contributed by atoms with Crippen molar-refractivity contribution in [2.75, 3.05) is 13.1 Å². The van der Waals surface area contributed by atoms with Gasteiger partial charge in [0.25, 0.3) is 0 Å². The summed E-state index contributed by atoms with van der Waals surface area (Å²) in [4.78, 5) is 21.9. The molecule has 1 fully saturated rings. The van der Waals surface area contributed by atoms with Crippen molar-refractivity contribution in [2.45, 2.75) is 25.3 Å². The molecule has 0 saturated carbocycles. The molecular formula is C7H12N2O3. The van der Waals surface area contributed by atoms with Crippen molar-refractivity contribution in [3.63, 3.8) is 0 Å². The van der Waals surface area contributed by atoms with E-state index in [2.05, 4.69) is 5.18 Å². The molecule has 1 rings (SSSR count). The molecule has 1 atom stereocenters. The Labute approximate surface area is 70.3 Å².